The third-order valence-corrected chi connectivity index (χ3v) is 3.54. The Kier molecular flexibility index (Phi) is 4.43. The SMILES string of the molecule is N#CC[C@@H](c1ccc(O)c(Cl)c1)N1CCNCC1. The lowest BCUT2D eigenvalue weighted by Gasteiger charge is -2.34. The fraction of sp³-hybridized carbons (Fsp3) is 0.462. The first-order chi connectivity index (χ1) is 8.72. The van der Waals surface area contributed by atoms with E-state index in [-0.39, 0.29) is 11.8 Å². The Hall–Kier alpha value is -1.28. The molecule has 1 atom stereocenters. The molecule has 0 aromatic heterocycles. The molecule has 0 bridgehead atoms. The van der Waals surface area contributed by atoms with Gasteiger partial charge < -0.3 is 10.4 Å². The van der Waals surface area contributed by atoms with Crippen molar-refractivity contribution in [2.75, 3.05) is 26.2 Å². The number of nitriles is 1. The second kappa shape index (κ2) is 6.05. The number of hydrogen-bond acceptors (Lipinski definition) is 4. The molecule has 96 valence electrons. The van der Waals surface area contributed by atoms with Crippen LogP contribution in [0.5, 0.6) is 5.75 Å². The summed E-state index contributed by atoms with van der Waals surface area (Å²) < 4.78 is 0. The molecule has 1 saturated heterocycles. The van der Waals surface area contributed by atoms with E-state index in [2.05, 4.69) is 16.3 Å². The lowest BCUT2D eigenvalue weighted by molar-refractivity contribution is 0.175. The first-order valence-electron chi connectivity index (χ1n) is 6.02. The molecule has 1 aliphatic rings. The molecule has 18 heavy (non-hydrogen) atoms. The Morgan fingerprint density at radius 2 is 2.17 bits per heavy atom. The van der Waals surface area contributed by atoms with E-state index in [0.717, 1.165) is 31.7 Å². The molecule has 2 rings (SSSR count). The molecule has 1 aromatic carbocycles. The summed E-state index contributed by atoms with van der Waals surface area (Å²) in [4.78, 5) is 2.28. The number of rotatable bonds is 3. The molecule has 1 heterocycles. The third kappa shape index (κ3) is 2.94. The minimum atomic E-state index is 0.0511. The van der Waals surface area contributed by atoms with Crippen molar-refractivity contribution in [2.45, 2.75) is 12.5 Å². The summed E-state index contributed by atoms with van der Waals surface area (Å²) in [7, 11) is 0. The van der Waals surface area contributed by atoms with Crippen molar-refractivity contribution in [2.24, 2.45) is 0 Å². The van der Waals surface area contributed by atoms with Crippen molar-refractivity contribution in [1.29, 1.82) is 5.26 Å². The van der Waals surface area contributed by atoms with Gasteiger partial charge in [-0.15, -0.1) is 0 Å². The molecule has 1 aliphatic heterocycles. The highest BCUT2D eigenvalue weighted by Crippen LogP contribution is 2.30. The van der Waals surface area contributed by atoms with Gasteiger partial charge in [-0.3, -0.25) is 4.90 Å². The Morgan fingerprint density at radius 1 is 1.44 bits per heavy atom. The molecule has 0 saturated carbocycles. The number of phenolic OH excluding ortho intramolecular Hbond substituents is 1. The predicted molar refractivity (Wildman–Crippen MR) is 70.5 cm³/mol. The molecule has 2 N–H and O–H groups in total. The average Bonchev–Trinajstić information content (AvgIpc) is 2.40. The maximum absolute atomic E-state index is 9.45. The van der Waals surface area contributed by atoms with E-state index in [4.69, 9.17) is 16.9 Å². The molecule has 0 aliphatic carbocycles. The largest absolute Gasteiger partial charge is 0.506 e. The van der Waals surface area contributed by atoms with Crippen LogP contribution >= 0.6 is 11.6 Å². The van der Waals surface area contributed by atoms with Gasteiger partial charge in [0.1, 0.15) is 5.75 Å². The van der Waals surface area contributed by atoms with E-state index in [1.165, 1.54) is 0 Å². The number of halogens is 1. The van der Waals surface area contributed by atoms with Crippen molar-refractivity contribution < 1.29 is 5.11 Å². The fourth-order valence-electron chi connectivity index (χ4n) is 2.27. The summed E-state index contributed by atoms with van der Waals surface area (Å²) in [5, 5.41) is 22.1. The highest BCUT2D eigenvalue weighted by atomic mass is 35.5. The fourth-order valence-corrected chi connectivity index (χ4v) is 2.46. The minimum absolute atomic E-state index is 0.0511. The van der Waals surface area contributed by atoms with Gasteiger partial charge in [-0.1, -0.05) is 17.7 Å². The molecule has 1 aromatic rings. The third-order valence-electron chi connectivity index (χ3n) is 3.23. The summed E-state index contributed by atoms with van der Waals surface area (Å²) in [6.45, 7) is 3.72. The minimum Gasteiger partial charge on any atom is -0.506 e. The molecule has 0 amide bonds. The lowest BCUT2D eigenvalue weighted by atomic mass is 10.0. The first kappa shape index (κ1) is 13.2. The summed E-state index contributed by atoms with van der Waals surface area (Å²) in [5.41, 5.74) is 0.987. The van der Waals surface area contributed by atoms with Crippen molar-refractivity contribution in [3.63, 3.8) is 0 Å². The molecule has 0 unspecified atom stereocenters. The van der Waals surface area contributed by atoms with E-state index in [0.29, 0.717) is 11.4 Å². The maximum atomic E-state index is 9.45. The van der Waals surface area contributed by atoms with Crippen molar-refractivity contribution in [1.82, 2.24) is 10.2 Å². The first-order valence-corrected chi connectivity index (χ1v) is 6.40. The lowest BCUT2D eigenvalue weighted by Crippen LogP contribution is -2.45. The number of nitrogens with one attached hydrogen (secondary N) is 1. The predicted octanol–water partition coefficient (Wildman–Crippen LogP) is 1.91. The summed E-state index contributed by atoms with van der Waals surface area (Å²) >= 11 is 5.93. The van der Waals surface area contributed by atoms with Crippen LogP contribution in [-0.4, -0.2) is 36.2 Å². The quantitative estimate of drug-likeness (QED) is 0.877. The Bertz CT molecular complexity index is 452. The van der Waals surface area contributed by atoms with Crippen molar-refractivity contribution in [3.8, 4) is 11.8 Å². The van der Waals surface area contributed by atoms with E-state index in [9.17, 15) is 5.11 Å². The highest BCUT2D eigenvalue weighted by molar-refractivity contribution is 6.32. The van der Waals surface area contributed by atoms with Crippen LogP contribution < -0.4 is 5.32 Å². The Labute approximate surface area is 112 Å². The number of aromatic hydroxyl groups is 1. The molecule has 1 fully saturated rings. The van der Waals surface area contributed by atoms with E-state index < -0.39 is 0 Å². The standard InChI is InChI=1S/C13H16ClN3O/c14-11-9-10(1-2-13(11)18)12(3-4-15)17-7-5-16-6-8-17/h1-2,9,12,16,18H,3,5-8H2/t12-/m0/s1. The molecule has 5 heteroatoms. The smallest absolute Gasteiger partial charge is 0.134 e. The van der Waals surface area contributed by atoms with Gasteiger partial charge in [0.25, 0.3) is 0 Å². The molecule has 4 nitrogen and oxygen atoms in total. The van der Waals surface area contributed by atoms with Crippen LogP contribution in [0, 0.1) is 11.3 Å². The number of phenols is 1. The number of hydrogen-bond donors (Lipinski definition) is 2. The van der Waals surface area contributed by atoms with E-state index >= 15 is 0 Å². The van der Waals surface area contributed by atoms with Crippen molar-refractivity contribution in [3.05, 3.63) is 28.8 Å². The van der Waals surface area contributed by atoms with Gasteiger partial charge in [0, 0.05) is 32.2 Å². The van der Waals surface area contributed by atoms with Gasteiger partial charge >= 0.3 is 0 Å². The Balaban J connectivity index is 2.22. The van der Waals surface area contributed by atoms with Crippen LogP contribution in [0.2, 0.25) is 5.02 Å². The van der Waals surface area contributed by atoms with Crippen LogP contribution in [0.3, 0.4) is 0 Å². The molecular weight excluding hydrogens is 250 g/mol. The summed E-state index contributed by atoms with van der Waals surface area (Å²) in [6.07, 6.45) is 0.432. The van der Waals surface area contributed by atoms with Gasteiger partial charge in [0.15, 0.2) is 0 Å². The van der Waals surface area contributed by atoms with Crippen LogP contribution in [0.1, 0.15) is 18.0 Å². The zero-order chi connectivity index (χ0) is 13.0. The zero-order valence-electron chi connectivity index (χ0n) is 10.1. The Morgan fingerprint density at radius 3 is 2.78 bits per heavy atom. The zero-order valence-corrected chi connectivity index (χ0v) is 10.8. The van der Waals surface area contributed by atoms with Crippen LogP contribution in [0.15, 0.2) is 18.2 Å². The van der Waals surface area contributed by atoms with Crippen LogP contribution in [-0.2, 0) is 0 Å². The van der Waals surface area contributed by atoms with Crippen LogP contribution in [0.4, 0.5) is 0 Å². The van der Waals surface area contributed by atoms with Crippen molar-refractivity contribution >= 4 is 11.6 Å². The maximum Gasteiger partial charge on any atom is 0.134 e. The van der Waals surface area contributed by atoms with E-state index in [1.807, 2.05) is 6.07 Å². The molecular formula is C13H16ClN3O. The van der Waals surface area contributed by atoms with Gasteiger partial charge in [0.05, 0.1) is 17.5 Å². The topological polar surface area (TPSA) is 59.3 Å². The van der Waals surface area contributed by atoms with Gasteiger partial charge in [-0.05, 0) is 17.7 Å². The molecule has 0 radical (unpaired) electrons. The van der Waals surface area contributed by atoms with Gasteiger partial charge in [-0.2, -0.15) is 5.26 Å². The number of nitrogens with zero attached hydrogens (tertiary/aromatic N) is 2. The van der Waals surface area contributed by atoms with Crippen LogP contribution in [0.25, 0.3) is 0 Å². The number of piperazine rings is 1. The van der Waals surface area contributed by atoms with Gasteiger partial charge in [-0.25, -0.2) is 0 Å². The highest BCUT2D eigenvalue weighted by Gasteiger charge is 2.22. The number of benzene rings is 1. The van der Waals surface area contributed by atoms with Gasteiger partial charge in [0.2, 0.25) is 0 Å². The second-order valence-corrected chi connectivity index (χ2v) is 4.78. The normalized spacial score (nSPS) is 18.2. The second-order valence-electron chi connectivity index (χ2n) is 4.37. The van der Waals surface area contributed by atoms with E-state index in [1.54, 1.807) is 12.1 Å². The molecule has 0 spiro atoms. The monoisotopic (exact) mass is 265 g/mol. The summed E-state index contributed by atoms with van der Waals surface area (Å²) in [6, 6.07) is 7.46. The summed E-state index contributed by atoms with van der Waals surface area (Å²) in [5.74, 6) is 0.0800. The average molecular weight is 266 g/mol.